The van der Waals surface area contributed by atoms with Gasteiger partial charge in [0.25, 0.3) is 0 Å². The van der Waals surface area contributed by atoms with Crippen LogP contribution >= 0.6 is 0 Å². The van der Waals surface area contributed by atoms with Crippen molar-refractivity contribution in [3.05, 3.63) is 48.6 Å². The normalized spacial score (nSPS) is 13.7. The molecule has 0 fully saturated rings. The SMILES string of the molecule is CC/C=C/C/C=C/CCCCCCCC(CC(=O)NC(CO)C(O)CCCCCCCCCCCC)OC(=O)CCCCCCCC/C=C/C=C/CCCCC. The zero-order valence-electron chi connectivity index (χ0n) is 37.0. The standard InChI is InChI=1S/C50H91NO5/c1-4-7-10-13-16-19-22-24-25-26-28-31-34-37-40-43-50(55)56-46(41-38-35-32-29-27-23-20-17-14-11-8-5-2)44-49(54)51-47(45-52)48(53)42-39-36-33-30-21-18-15-12-9-6-3/h8,11,16-17,19-20,22,24,46-48,52-53H,4-7,9-10,12-15,18,21,23,25-45H2,1-3H3,(H,51,54)/b11-8+,19-16+,20-17+,24-22+. The van der Waals surface area contributed by atoms with E-state index in [2.05, 4.69) is 74.7 Å². The number of rotatable bonds is 42. The zero-order valence-corrected chi connectivity index (χ0v) is 37.0. The minimum Gasteiger partial charge on any atom is -0.462 e. The van der Waals surface area contributed by atoms with Gasteiger partial charge in [-0.25, -0.2) is 0 Å². The van der Waals surface area contributed by atoms with Gasteiger partial charge in [-0.3, -0.25) is 9.59 Å². The Kier molecular flexibility index (Phi) is 42.2. The minimum absolute atomic E-state index is 0.0631. The van der Waals surface area contributed by atoms with Crippen molar-refractivity contribution in [2.24, 2.45) is 0 Å². The first-order valence-corrected chi connectivity index (χ1v) is 23.9. The van der Waals surface area contributed by atoms with Crippen LogP contribution in [0.5, 0.6) is 0 Å². The van der Waals surface area contributed by atoms with Crippen molar-refractivity contribution in [2.45, 2.75) is 251 Å². The number of esters is 1. The molecular weight excluding hydrogens is 695 g/mol. The molecule has 1 amide bonds. The van der Waals surface area contributed by atoms with Crippen LogP contribution in [0.1, 0.15) is 233 Å². The minimum atomic E-state index is -0.791. The lowest BCUT2D eigenvalue weighted by molar-refractivity contribution is -0.151. The van der Waals surface area contributed by atoms with Crippen LogP contribution in [0.4, 0.5) is 0 Å². The summed E-state index contributed by atoms with van der Waals surface area (Å²) in [6, 6.07) is -0.706. The van der Waals surface area contributed by atoms with E-state index < -0.39 is 18.2 Å². The summed E-state index contributed by atoms with van der Waals surface area (Å²) in [6.07, 6.45) is 51.7. The monoisotopic (exact) mass is 786 g/mol. The van der Waals surface area contributed by atoms with Crippen molar-refractivity contribution in [1.82, 2.24) is 5.32 Å². The summed E-state index contributed by atoms with van der Waals surface area (Å²) in [5, 5.41) is 23.6. The molecule has 326 valence electrons. The van der Waals surface area contributed by atoms with Gasteiger partial charge in [-0.15, -0.1) is 0 Å². The Balaban J connectivity index is 4.61. The fourth-order valence-electron chi connectivity index (χ4n) is 7.05. The van der Waals surface area contributed by atoms with Crippen molar-refractivity contribution >= 4 is 11.9 Å². The molecule has 0 aromatic carbocycles. The average Bonchev–Trinajstić information content (AvgIpc) is 3.19. The van der Waals surface area contributed by atoms with Crippen LogP contribution in [0, 0.1) is 0 Å². The molecule has 3 atom stereocenters. The molecule has 6 nitrogen and oxygen atoms in total. The van der Waals surface area contributed by atoms with Crippen LogP contribution in [0.15, 0.2) is 48.6 Å². The summed E-state index contributed by atoms with van der Waals surface area (Å²) in [5.41, 5.74) is 0. The lowest BCUT2D eigenvalue weighted by atomic mass is 10.0. The van der Waals surface area contributed by atoms with Crippen LogP contribution in [-0.4, -0.2) is 46.9 Å². The highest BCUT2D eigenvalue weighted by Gasteiger charge is 2.24. The Labute approximate surface area is 346 Å². The molecule has 0 radical (unpaired) electrons. The van der Waals surface area contributed by atoms with Gasteiger partial charge in [0.1, 0.15) is 6.10 Å². The second-order valence-electron chi connectivity index (χ2n) is 16.2. The van der Waals surface area contributed by atoms with Crippen molar-refractivity contribution in [3.63, 3.8) is 0 Å². The highest BCUT2D eigenvalue weighted by atomic mass is 16.5. The Hall–Kier alpha value is -2.18. The van der Waals surface area contributed by atoms with Gasteiger partial charge in [0, 0.05) is 6.42 Å². The first-order chi connectivity index (χ1) is 27.5. The average molecular weight is 786 g/mol. The van der Waals surface area contributed by atoms with E-state index in [1.165, 1.54) is 103 Å². The number of carbonyl (C=O) groups excluding carboxylic acids is 2. The summed E-state index contributed by atoms with van der Waals surface area (Å²) in [4.78, 5) is 26.0. The highest BCUT2D eigenvalue weighted by Crippen LogP contribution is 2.17. The summed E-state index contributed by atoms with van der Waals surface area (Å²) in [5.74, 6) is -0.502. The number of nitrogens with one attached hydrogen (secondary N) is 1. The van der Waals surface area contributed by atoms with E-state index in [4.69, 9.17) is 4.74 Å². The fraction of sp³-hybridized carbons (Fsp3) is 0.800. The van der Waals surface area contributed by atoms with E-state index in [0.29, 0.717) is 19.3 Å². The fourth-order valence-corrected chi connectivity index (χ4v) is 7.05. The molecule has 0 aliphatic carbocycles. The number of hydrogen-bond acceptors (Lipinski definition) is 5. The Morgan fingerprint density at radius 3 is 1.59 bits per heavy atom. The molecule has 0 saturated heterocycles. The molecule has 0 aromatic rings. The van der Waals surface area contributed by atoms with E-state index >= 15 is 0 Å². The summed E-state index contributed by atoms with van der Waals surface area (Å²) in [7, 11) is 0. The second kappa shape index (κ2) is 43.9. The smallest absolute Gasteiger partial charge is 0.306 e. The topological polar surface area (TPSA) is 95.9 Å². The van der Waals surface area contributed by atoms with Crippen LogP contribution in [0.3, 0.4) is 0 Å². The number of aliphatic hydroxyl groups excluding tert-OH is 2. The molecule has 0 saturated carbocycles. The van der Waals surface area contributed by atoms with E-state index in [-0.39, 0.29) is 24.9 Å². The third-order valence-electron chi connectivity index (χ3n) is 10.7. The molecule has 0 bridgehead atoms. The van der Waals surface area contributed by atoms with Gasteiger partial charge in [-0.05, 0) is 77.0 Å². The first kappa shape index (κ1) is 53.8. The van der Waals surface area contributed by atoms with Gasteiger partial charge in [0.05, 0.1) is 25.2 Å². The number of amides is 1. The Bertz CT molecular complexity index is 972. The predicted octanol–water partition coefficient (Wildman–Crippen LogP) is 13.9. The number of hydrogen-bond donors (Lipinski definition) is 3. The van der Waals surface area contributed by atoms with E-state index in [1.807, 2.05) is 0 Å². The van der Waals surface area contributed by atoms with Gasteiger partial charge >= 0.3 is 5.97 Å². The van der Waals surface area contributed by atoms with Crippen molar-refractivity contribution in [1.29, 1.82) is 0 Å². The van der Waals surface area contributed by atoms with Crippen molar-refractivity contribution in [2.75, 3.05) is 6.61 Å². The maximum atomic E-state index is 13.1. The number of carbonyl (C=O) groups is 2. The van der Waals surface area contributed by atoms with E-state index in [0.717, 1.165) is 83.5 Å². The number of allylic oxidation sites excluding steroid dienone is 8. The zero-order chi connectivity index (χ0) is 41.0. The predicted molar refractivity (Wildman–Crippen MR) is 241 cm³/mol. The molecular formula is C50H91NO5. The quantitative estimate of drug-likeness (QED) is 0.0248. The molecule has 0 aliphatic rings. The Morgan fingerprint density at radius 2 is 1.02 bits per heavy atom. The molecule has 0 heterocycles. The molecule has 0 aliphatic heterocycles. The van der Waals surface area contributed by atoms with Crippen LogP contribution in [0.2, 0.25) is 0 Å². The third-order valence-corrected chi connectivity index (χ3v) is 10.7. The van der Waals surface area contributed by atoms with Crippen molar-refractivity contribution < 1.29 is 24.5 Å². The maximum Gasteiger partial charge on any atom is 0.306 e. The molecule has 6 heteroatoms. The first-order valence-electron chi connectivity index (χ1n) is 23.9. The largest absolute Gasteiger partial charge is 0.462 e. The van der Waals surface area contributed by atoms with Crippen molar-refractivity contribution in [3.8, 4) is 0 Å². The summed E-state index contributed by atoms with van der Waals surface area (Å²) in [6.45, 7) is 6.32. The van der Waals surface area contributed by atoms with E-state index in [1.54, 1.807) is 0 Å². The summed E-state index contributed by atoms with van der Waals surface area (Å²) >= 11 is 0. The van der Waals surface area contributed by atoms with Crippen LogP contribution < -0.4 is 5.32 Å². The van der Waals surface area contributed by atoms with E-state index in [9.17, 15) is 19.8 Å². The van der Waals surface area contributed by atoms with Gasteiger partial charge in [-0.1, -0.05) is 191 Å². The second-order valence-corrected chi connectivity index (χ2v) is 16.2. The molecule has 56 heavy (non-hydrogen) atoms. The van der Waals surface area contributed by atoms with Crippen LogP contribution in [0.25, 0.3) is 0 Å². The summed E-state index contributed by atoms with van der Waals surface area (Å²) < 4.78 is 5.90. The molecule has 0 spiro atoms. The third kappa shape index (κ3) is 38.7. The number of ether oxygens (including phenoxy) is 1. The number of aliphatic hydroxyl groups is 2. The molecule has 3 N–H and O–H groups in total. The number of unbranched alkanes of at least 4 members (excludes halogenated alkanes) is 23. The van der Waals surface area contributed by atoms with Gasteiger partial charge < -0.3 is 20.3 Å². The lowest BCUT2D eigenvalue weighted by Gasteiger charge is -2.24. The van der Waals surface area contributed by atoms with Gasteiger partial charge in [0.2, 0.25) is 5.91 Å². The van der Waals surface area contributed by atoms with Crippen LogP contribution in [-0.2, 0) is 14.3 Å². The maximum absolute atomic E-state index is 13.1. The molecule has 0 rings (SSSR count). The van der Waals surface area contributed by atoms with Gasteiger partial charge in [0.15, 0.2) is 0 Å². The molecule has 3 unspecified atom stereocenters. The highest BCUT2D eigenvalue weighted by molar-refractivity contribution is 5.77. The van der Waals surface area contributed by atoms with Gasteiger partial charge in [-0.2, -0.15) is 0 Å². The lowest BCUT2D eigenvalue weighted by Crippen LogP contribution is -2.46. The Morgan fingerprint density at radius 1 is 0.554 bits per heavy atom. The molecule has 0 aromatic heterocycles.